The van der Waals surface area contributed by atoms with E-state index < -0.39 is 0 Å². The van der Waals surface area contributed by atoms with Crippen LogP contribution in [0.5, 0.6) is 5.75 Å². The highest BCUT2D eigenvalue weighted by Gasteiger charge is 2.26. The molecule has 0 radical (unpaired) electrons. The van der Waals surface area contributed by atoms with Crippen molar-refractivity contribution in [1.82, 2.24) is 9.88 Å². The lowest BCUT2D eigenvalue weighted by Gasteiger charge is -2.15. The van der Waals surface area contributed by atoms with Crippen molar-refractivity contribution < 1.29 is 9.90 Å². The zero-order chi connectivity index (χ0) is 11.5. The van der Waals surface area contributed by atoms with Crippen molar-refractivity contribution in [3.63, 3.8) is 0 Å². The number of amides is 1. The van der Waals surface area contributed by atoms with E-state index in [4.69, 9.17) is 5.73 Å². The molecule has 5 nitrogen and oxygen atoms in total. The lowest BCUT2D eigenvalue weighted by atomic mass is 10.1. The van der Waals surface area contributed by atoms with Crippen molar-refractivity contribution >= 4 is 5.91 Å². The lowest BCUT2D eigenvalue weighted by Crippen LogP contribution is -2.29. The quantitative estimate of drug-likeness (QED) is 0.748. The maximum absolute atomic E-state index is 12.0. The second-order valence-corrected chi connectivity index (χ2v) is 4.07. The predicted octanol–water partition coefficient (Wildman–Crippen LogP) is 0.208. The minimum absolute atomic E-state index is 0.0143. The maximum atomic E-state index is 12.0. The summed E-state index contributed by atoms with van der Waals surface area (Å²) in [4.78, 5) is 17.5. The van der Waals surface area contributed by atoms with Gasteiger partial charge in [-0.1, -0.05) is 0 Å². The Morgan fingerprint density at radius 1 is 1.62 bits per heavy atom. The Labute approximate surface area is 93.9 Å². The van der Waals surface area contributed by atoms with Gasteiger partial charge in [-0.05, 0) is 24.9 Å². The van der Waals surface area contributed by atoms with E-state index in [0.717, 1.165) is 13.0 Å². The van der Waals surface area contributed by atoms with Crippen LogP contribution in [-0.2, 0) is 0 Å². The fourth-order valence-electron chi connectivity index (χ4n) is 1.94. The second-order valence-electron chi connectivity index (χ2n) is 4.07. The fourth-order valence-corrected chi connectivity index (χ4v) is 1.94. The standard InChI is InChI=1S/C11H15N3O2/c12-4-8-1-2-14(7-8)11(16)9-3-10(15)6-13-5-9/h3,5-6,8,15H,1-2,4,7,12H2. The molecule has 1 fully saturated rings. The molecule has 1 amide bonds. The van der Waals surface area contributed by atoms with Crippen LogP contribution in [0, 0.1) is 5.92 Å². The number of carbonyl (C=O) groups excluding carboxylic acids is 1. The van der Waals surface area contributed by atoms with Gasteiger partial charge in [0.1, 0.15) is 5.75 Å². The Bertz CT molecular complexity index is 395. The van der Waals surface area contributed by atoms with Gasteiger partial charge in [-0.15, -0.1) is 0 Å². The van der Waals surface area contributed by atoms with Crippen molar-refractivity contribution in [2.24, 2.45) is 11.7 Å². The average molecular weight is 221 g/mol. The normalized spacial score (nSPS) is 20.1. The average Bonchev–Trinajstić information content (AvgIpc) is 2.76. The highest BCUT2D eigenvalue weighted by atomic mass is 16.3. The Hall–Kier alpha value is -1.62. The molecule has 3 N–H and O–H groups in total. The highest BCUT2D eigenvalue weighted by Crippen LogP contribution is 2.18. The summed E-state index contributed by atoms with van der Waals surface area (Å²) in [5.74, 6) is 0.328. The summed E-state index contributed by atoms with van der Waals surface area (Å²) in [6.07, 6.45) is 3.73. The molecule has 1 atom stereocenters. The van der Waals surface area contributed by atoms with E-state index in [1.807, 2.05) is 0 Å². The van der Waals surface area contributed by atoms with Gasteiger partial charge in [0.15, 0.2) is 0 Å². The number of rotatable bonds is 2. The molecule has 2 rings (SSSR count). The first-order valence-electron chi connectivity index (χ1n) is 5.34. The van der Waals surface area contributed by atoms with E-state index in [1.54, 1.807) is 4.90 Å². The fraction of sp³-hybridized carbons (Fsp3) is 0.455. The summed E-state index contributed by atoms with van der Waals surface area (Å²) in [6, 6.07) is 1.44. The third-order valence-electron chi connectivity index (χ3n) is 2.88. The molecule has 1 unspecified atom stereocenters. The van der Waals surface area contributed by atoms with E-state index in [1.165, 1.54) is 18.5 Å². The van der Waals surface area contributed by atoms with E-state index in [9.17, 15) is 9.90 Å². The lowest BCUT2D eigenvalue weighted by molar-refractivity contribution is 0.0787. The predicted molar refractivity (Wildman–Crippen MR) is 59.0 cm³/mol. The van der Waals surface area contributed by atoms with Gasteiger partial charge in [0.05, 0.1) is 11.8 Å². The van der Waals surface area contributed by atoms with Crippen LogP contribution in [0.25, 0.3) is 0 Å². The number of aromatic hydroxyl groups is 1. The molecule has 86 valence electrons. The minimum Gasteiger partial charge on any atom is -0.506 e. The first-order chi connectivity index (χ1) is 7.70. The highest BCUT2D eigenvalue weighted by molar-refractivity contribution is 5.94. The van der Waals surface area contributed by atoms with Gasteiger partial charge in [-0.2, -0.15) is 0 Å². The molecule has 5 heteroatoms. The summed E-state index contributed by atoms with van der Waals surface area (Å²) in [5, 5.41) is 9.25. The van der Waals surface area contributed by atoms with Gasteiger partial charge in [0, 0.05) is 19.3 Å². The molecular formula is C11H15N3O2. The molecule has 0 aromatic carbocycles. The minimum atomic E-state index is -0.0839. The van der Waals surface area contributed by atoms with Crippen LogP contribution < -0.4 is 5.73 Å². The number of pyridine rings is 1. The number of nitrogens with zero attached hydrogens (tertiary/aromatic N) is 2. The van der Waals surface area contributed by atoms with Gasteiger partial charge >= 0.3 is 0 Å². The molecule has 0 saturated carbocycles. The maximum Gasteiger partial charge on any atom is 0.255 e. The van der Waals surface area contributed by atoms with Gasteiger partial charge < -0.3 is 15.7 Å². The van der Waals surface area contributed by atoms with Crippen LogP contribution in [0.4, 0.5) is 0 Å². The van der Waals surface area contributed by atoms with Crippen LogP contribution in [0.1, 0.15) is 16.8 Å². The number of aromatic nitrogens is 1. The van der Waals surface area contributed by atoms with Crippen LogP contribution in [0.15, 0.2) is 18.5 Å². The summed E-state index contributed by atoms with van der Waals surface area (Å²) in [5.41, 5.74) is 6.00. The van der Waals surface area contributed by atoms with E-state index >= 15 is 0 Å². The first kappa shape index (κ1) is 10.9. The van der Waals surface area contributed by atoms with Crippen molar-refractivity contribution in [2.75, 3.05) is 19.6 Å². The Morgan fingerprint density at radius 3 is 3.06 bits per heavy atom. The zero-order valence-corrected chi connectivity index (χ0v) is 8.97. The van der Waals surface area contributed by atoms with Crippen molar-refractivity contribution in [3.8, 4) is 5.75 Å². The molecule has 0 spiro atoms. The Morgan fingerprint density at radius 2 is 2.44 bits per heavy atom. The SMILES string of the molecule is NCC1CCN(C(=O)c2cncc(O)c2)C1. The number of hydrogen-bond donors (Lipinski definition) is 2. The van der Waals surface area contributed by atoms with Crippen LogP contribution in [0.3, 0.4) is 0 Å². The third kappa shape index (κ3) is 2.14. The van der Waals surface area contributed by atoms with Crippen LogP contribution >= 0.6 is 0 Å². The molecule has 1 aromatic heterocycles. The topological polar surface area (TPSA) is 79.5 Å². The van der Waals surface area contributed by atoms with Gasteiger partial charge in [-0.3, -0.25) is 9.78 Å². The van der Waals surface area contributed by atoms with E-state index in [-0.39, 0.29) is 11.7 Å². The number of nitrogens with two attached hydrogens (primary N) is 1. The summed E-state index contributed by atoms with van der Waals surface area (Å²) in [7, 11) is 0. The molecular weight excluding hydrogens is 206 g/mol. The molecule has 0 bridgehead atoms. The van der Waals surface area contributed by atoms with Crippen molar-refractivity contribution in [2.45, 2.75) is 6.42 Å². The van der Waals surface area contributed by atoms with Crippen molar-refractivity contribution in [1.29, 1.82) is 0 Å². The molecule has 0 aliphatic carbocycles. The second kappa shape index (κ2) is 4.49. The molecule has 1 aliphatic heterocycles. The number of hydrogen-bond acceptors (Lipinski definition) is 4. The number of likely N-dealkylation sites (tertiary alicyclic amines) is 1. The summed E-state index contributed by atoms with van der Waals surface area (Å²) in [6.45, 7) is 2.05. The van der Waals surface area contributed by atoms with Gasteiger partial charge in [0.25, 0.3) is 5.91 Å². The van der Waals surface area contributed by atoms with Crippen molar-refractivity contribution in [3.05, 3.63) is 24.0 Å². The van der Waals surface area contributed by atoms with E-state index in [0.29, 0.717) is 24.6 Å². The molecule has 1 aliphatic rings. The Balaban J connectivity index is 2.08. The zero-order valence-electron chi connectivity index (χ0n) is 8.97. The molecule has 2 heterocycles. The molecule has 16 heavy (non-hydrogen) atoms. The molecule has 1 aromatic rings. The summed E-state index contributed by atoms with van der Waals surface area (Å²) >= 11 is 0. The van der Waals surface area contributed by atoms with Gasteiger partial charge in [-0.25, -0.2) is 0 Å². The third-order valence-corrected chi connectivity index (χ3v) is 2.88. The Kier molecular flexibility index (Phi) is 3.05. The van der Waals surface area contributed by atoms with Gasteiger partial charge in [0.2, 0.25) is 0 Å². The summed E-state index contributed by atoms with van der Waals surface area (Å²) < 4.78 is 0. The molecule has 1 saturated heterocycles. The largest absolute Gasteiger partial charge is 0.506 e. The van der Waals surface area contributed by atoms with Crippen LogP contribution in [-0.4, -0.2) is 40.5 Å². The van der Waals surface area contributed by atoms with E-state index in [2.05, 4.69) is 4.98 Å². The smallest absolute Gasteiger partial charge is 0.255 e. The number of carbonyl (C=O) groups is 1. The van der Waals surface area contributed by atoms with Crippen LogP contribution in [0.2, 0.25) is 0 Å². The first-order valence-corrected chi connectivity index (χ1v) is 5.34. The monoisotopic (exact) mass is 221 g/mol.